The molecule has 1 aromatic heterocycles. The summed E-state index contributed by atoms with van der Waals surface area (Å²) in [6.07, 6.45) is 3.79. The largest absolute Gasteiger partial charge is 0.480 e. The summed E-state index contributed by atoms with van der Waals surface area (Å²) >= 11 is 2.01. The number of hydrogen-bond donors (Lipinski definition) is 2. The minimum atomic E-state index is -0.849. The lowest BCUT2D eigenvalue weighted by Gasteiger charge is -2.10. The van der Waals surface area contributed by atoms with Crippen molar-refractivity contribution in [3.8, 4) is 0 Å². The standard InChI is InChI=1S/C8H9IN2O2S/c9-14-11-7(8(12)13)4-6-2-1-3-10-5-6/h1-3,5,7,11H,4H2,(H,12,13)/t7-/m0/s1. The molecule has 14 heavy (non-hydrogen) atoms. The number of pyridine rings is 1. The Hall–Kier alpha value is -0.340. The Labute approximate surface area is 98.2 Å². The Morgan fingerprint density at radius 1 is 1.79 bits per heavy atom. The van der Waals surface area contributed by atoms with Gasteiger partial charge in [-0.1, -0.05) is 6.07 Å². The summed E-state index contributed by atoms with van der Waals surface area (Å²) in [5, 5.41) is 8.87. The van der Waals surface area contributed by atoms with Gasteiger partial charge in [0.1, 0.15) is 6.04 Å². The van der Waals surface area contributed by atoms with E-state index >= 15 is 0 Å². The van der Waals surface area contributed by atoms with Crippen molar-refractivity contribution < 1.29 is 9.90 Å². The number of nitrogens with one attached hydrogen (secondary N) is 1. The average Bonchev–Trinajstić information content (AvgIpc) is 2.18. The number of hydrogen-bond acceptors (Lipinski definition) is 4. The second-order valence-corrected chi connectivity index (χ2v) is 4.36. The third kappa shape index (κ3) is 3.81. The van der Waals surface area contributed by atoms with E-state index in [2.05, 4.69) is 9.71 Å². The molecular weight excluding hydrogens is 315 g/mol. The van der Waals surface area contributed by atoms with Gasteiger partial charge in [-0.2, -0.15) is 0 Å². The monoisotopic (exact) mass is 324 g/mol. The van der Waals surface area contributed by atoms with E-state index in [-0.39, 0.29) is 0 Å². The molecule has 0 fully saturated rings. The number of aromatic nitrogens is 1. The van der Waals surface area contributed by atoms with Crippen LogP contribution in [0.2, 0.25) is 0 Å². The van der Waals surface area contributed by atoms with E-state index < -0.39 is 12.0 Å². The Morgan fingerprint density at radius 3 is 3.07 bits per heavy atom. The maximum absolute atomic E-state index is 10.8. The molecule has 6 heteroatoms. The highest BCUT2D eigenvalue weighted by Gasteiger charge is 2.16. The molecule has 0 unspecified atom stereocenters. The fraction of sp³-hybridized carbons (Fsp3) is 0.250. The fourth-order valence-electron chi connectivity index (χ4n) is 0.988. The third-order valence-corrected chi connectivity index (χ3v) is 2.78. The van der Waals surface area contributed by atoms with Crippen molar-refractivity contribution in [1.29, 1.82) is 0 Å². The van der Waals surface area contributed by atoms with E-state index in [4.69, 9.17) is 5.11 Å². The molecule has 1 atom stereocenters. The van der Waals surface area contributed by atoms with Crippen molar-refractivity contribution in [3.63, 3.8) is 0 Å². The predicted molar refractivity (Wildman–Crippen MR) is 64.1 cm³/mol. The van der Waals surface area contributed by atoms with E-state index in [1.807, 2.05) is 27.3 Å². The molecule has 76 valence electrons. The lowest BCUT2D eigenvalue weighted by atomic mass is 10.1. The lowest BCUT2D eigenvalue weighted by Crippen LogP contribution is -2.33. The molecule has 0 aliphatic rings. The zero-order valence-electron chi connectivity index (χ0n) is 7.18. The van der Waals surface area contributed by atoms with Gasteiger partial charge in [-0.25, -0.2) is 4.72 Å². The van der Waals surface area contributed by atoms with E-state index in [0.717, 1.165) is 5.56 Å². The molecule has 0 amide bonds. The smallest absolute Gasteiger partial charge is 0.321 e. The quantitative estimate of drug-likeness (QED) is 0.637. The van der Waals surface area contributed by atoms with Crippen molar-refractivity contribution in [1.82, 2.24) is 9.71 Å². The van der Waals surface area contributed by atoms with Gasteiger partial charge >= 0.3 is 5.97 Å². The van der Waals surface area contributed by atoms with Crippen molar-refractivity contribution in [2.75, 3.05) is 0 Å². The van der Waals surface area contributed by atoms with Crippen LogP contribution in [0.3, 0.4) is 0 Å². The molecule has 1 aromatic rings. The molecule has 2 N–H and O–H groups in total. The number of rotatable bonds is 5. The van der Waals surface area contributed by atoms with Gasteiger partial charge in [-0.05, 0) is 20.7 Å². The first-order chi connectivity index (χ1) is 6.74. The number of carbonyl (C=O) groups is 1. The number of halogens is 1. The Morgan fingerprint density at radius 2 is 2.57 bits per heavy atom. The molecule has 0 saturated heterocycles. The van der Waals surface area contributed by atoms with Crippen molar-refractivity contribution >= 4 is 36.3 Å². The van der Waals surface area contributed by atoms with Gasteiger partial charge in [0.25, 0.3) is 0 Å². The number of carboxylic acids is 1. The molecule has 0 radical (unpaired) electrons. The molecule has 1 rings (SSSR count). The first-order valence-electron chi connectivity index (χ1n) is 3.89. The number of nitrogens with zero attached hydrogens (tertiary/aromatic N) is 1. The molecular formula is C8H9IN2O2S. The highest BCUT2D eigenvalue weighted by molar-refractivity contribution is 14.2. The maximum atomic E-state index is 10.8. The van der Waals surface area contributed by atoms with Crippen LogP contribution in [0, 0.1) is 0 Å². The number of carboxylic acid groups (broad SMARTS) is 1. The van der Waals surface area contributed by atoms with Crippen LogP contribution in [-0.4, -0.2) is 22.1 Å². The van der Waals surface area contributed by atoms with Gasteiger partial charge in [0.05, 0.1) is 0 Å². The Kier molecular flexibility index (Phi) is 5.20. The topological polar surface area (TPSA) is 62.2 Å². The van der Waals surface area contributed by atoms with Gasteiger partial charge in [0.15, 0.2) is 0 Å². The highest BCUT2D eigenvalue weighted by Crippen LogP contribution is 2.10. The SMILES string of the molecule is O=C(O)[C@H](Cc1cccnc1)NSI. The van der Waals surface area contributed by atoms with Crippen LogP contribution in [0.15, 0.2) is 24.5 Å². The maximum Gasteiger partial charge on any atom is 0.321 e. The molecule has 0 aromatic carbocycles. The molecule has 1 heterocycles. The Bertz CT molecular complexity index is 297. The lowest BCUT2D eigenvalue weighted by molar-refractivity contribution is -0.138. The summed E-state index contributed by atoms with van der Waals surface area (Å²) in [5.41, 5.74) is 0.915. The van der Waals surface area contributed by atoms with Crippen LogP contribution < -0.4 is 4.72 Å². The van der Waals surface area contributed by atoms with Gasteiger partial charge in [0, 0.05) is 40.0 Å². The first kappa shape index (κ1) is 11.7. The molecule has 0 saturated carbocycles. The second-order valence-electron chi connectivity index (χ2n) is 2.65. The highest BCUT2D eigenvalue weighted by atomic mass is 127. The zero-order chi connectivity index (χ0) is 10.4. The third-order valence-electron chi connectivity index (χ3n) is 1.65. The van der Waals surface area contributed by atoms with Crippen molar-refractivity contribution in [2.24, 2.45) is 0 Å². The van der Waals surface area contributed by atoms with Gasteiger partial charge in [-0.15, -0.1) is 0 Å². The van der Waals surface area contributed by atoms with E-state index in [0.29, 0.717) is 6.42 Å². The van der Waals surface area contributed by atoms with Crippen LogP contribution in [0.25, 0.3) is 0 Å². The fourth-order valence-corrected chi connectivity index (χ4v) is 2.20. The minimum Gasteiger partial charge on any atom is -0.480 e. The summed E-state index contributed by atoms with van der Waals surface area (Å²) in [6, 6.07) is 3.09. The normalized spacial score (nSPS) is 12.4. The average molecular weight is 324 g/mol. The molecule has 4 nitrogen and oxygen atoms in total. The molecule has 0 spiro atoms. The van der Waals surface area contributed by atoms with Crippen LogP contribution in [0.5, 0.6) is 0 Å². The zero-order valence-corrected chi connectivity index (χ0v) is 10.2. The van der Waals surface area contributed by atoms with E-state index in [1.54, 1.807) is 18.5 Å². The van der Waals surface area contributed by atoms with Crippen molar-refractivity contribution in [2.45, 2.75) is 12.5 Å². The van der Waals surface area contributed by atoms with Crippen LogP contribution in [-0.2, 0) is 11.2 Å². The summed E-state index contributed by atoms with van der Waals surface area (Å²) in [4.78, 5) is 14.7. The molecule has 0 aliphatic heterocycles. The summed E-state index contributed by atoms with van der Waals surface area (Å²) in [5.74, 6) is -0.849. The van der Waals surface area contributed by atoms with Crippen LogP contribution in [0.4, 0.5) is 0 Å². The summed E-state index contributed by atoms with van der Waals surface area (Å²) in [6.45, 7) is 0. The molecule has 0 bridgehead atoms. The van der Waals surface area contributed by atoms with Crippen LogP contribution >= 0.6 is 30.3 Å². The van der Waals surface area contributed by atoms with Gasteiger partial charge in [-0.3, -0.25) is 9.78 Å². The molecule has 0 aliphatic carbocycles. The predicted octanol–water partition coefficient (Wildman–Crippen LogP) is 1.67. The minimum absolute atomic E-state index is 0.444. The van der Waals surface area contributed by atoms with E-state index in [1.165, 1.54) is 9.12 Å². The van der Waals surface area contributed by atoms with Crippen molar-refractivity contribution in [3.05, 3.63) is 30.1 Å². The van der Waals surface area contributed by atoms with Crippen LogP contribution in [0.1, 0.15) is 5.56 Å². The number of aliphatic carboxylic acids is 1. The van der Waals surface area contributed by atoms with E-state index in [9.17, 15) is 4.79 Å². The second kappa shape index (κ2) is 6.20. The summed E-state index contributed by atoms with van der Waals surface area (Å²) < 4.78 is 2.81. The Balaban J connectivity index is 2.60. The van der Waals surface area contributed by atoms with Gasteiger partial charge < -0.3 is 5.11 Å². The summed E-state index contributed by atoms with van der Waals surface area (Å²) in [7, 11) is 1.28. The van der Waals surface area contributed by atoms with Gasteiger partial charge in [0.2, 0.25) is 0 Å². The first-order valence-corrected chi connectivity index (χ1v) is 7.24.